The molecule has 0 aliphatic heterocycles. The Balaban J connectivity index is 2.30. The van der Waals surface area contributed by atoms with E-state index in [1.54, 1.807) is 11.8 Å². The molecule has 0 aliphatic rings. The van der Waals surface area contributed by atoms with Crippen molar-refractivity contribution in [2.45, 2.75) is 13.8 Å². The first-order chi connectivity index (χ1) is 9.56. The fourth-order valence-electron chi connectivity index (χ4n) is 1.73. The van der Waals surface area contributed by atoms with E-state index >= 15 is 0 Å². The van der Waals surface area contributed by atoms with E-state index in [0.717, 1.165) is 25.4 Å². The lowest BCUT2D eigenvalue weighted by molar-refractivity contribution is -0.113. The molecule has 0 heterocycles. The summed E-state index contributed by atoms with van der Waals surface area (Å²) in [5.74, 6) is 0.758. The number of amides is 1. The van der Waals surface area contributed by atoms with Crippen LogP contribution < -0.4 is 11.1 Å². The van der Waals surface area contributed by atoms with Crippen LogP contribution in [0.1, 0.15) is 13.8 Å². The number of hydrogen-bond donors (Lipinski definition) is 2. The number of nitrogen functional groups attached to an aromatic ring is 1. The first-order valence-corrected chi connectivity index (χ1v) is 7.87. The fraction of sp³-hybridized carbons (Fsp3) is 0.500. The smallest absolute Gasteiger partial charge is 0.234 e. The van der Waals surface area contributed by atoms with Gasteiger partial charge in [-0.05, 0) is 31.3 Å². The number of carbonyl (C=O) groups excluding carboxylic acids is 1. The zero-order valence-electron chi connectivity index (χ0n) is 12.0. The van der Waals surface area contributed by atoms with Crippen molar-refractivity contribution in [2.75, 3.05) is 42.2 Å². The van der Waals surface area contributed by atoms with Gasteiger partial charge in [0.1, 0.15) is 5.82 Å². The number of nitrogens with two attached hydrogens (primary N) is 1. The van der Waals surface area contributed by atoms with Gasteiger partial charge in [-0.15, -0.1) is 0 Å². The molecule has 1 aromatic rings. The summed E-state index contributed by atoms with van der Waals surface area (Å²) in [6, 6.07) is 3.95. The number of thioether (sulfide) groups is 1. The summed E-state index contributed by atoms with van der Waals surface area (Å²) < 4.78 is 12.9. The van der Waals surface area contributed by atoms with E-state index in [2.05, 4.69) is 24.1 Å². The van der Waals surface area contributed by atoms with E-state index in [9.17, 15) is 9.18 Å². The van der Waals surface area contributed by atoms with Gasteiger partial charge in [0.05, 0.1) is 17.1 Å². The molecule has 0 saturated heterocycles. The zero-order valence-corrected chi connectivity index (χ0v) is 12.8. The molecule has 0 spiro atoms. The molecule has 1 rings (SSSR count). The van der Waals surface area contributed by atoms with Crippen LogP contribution in [0, 0.1) is 5.82 Å². The van der Waals surface area contributed by atoms with Crippen LogP contribution in [0.2, 0.25) is 0 Å². The topological polar surface area (TPSA) is 58.4 Å². The number of nitrogens with one attached hydrogen (secondary N) is 1. The second-order valence-electron chi connectivity index (χ2n) is 4.36. The molecule has 1 aromatic carbocycles. The Morgan fingerprint density at radius 3 is 2.70 bits per heavy atom. The molecule has 6 heteroatoms. The largest absolute Gasteiger partial charge is 0.397 e. The highest BCUT2D eigenvalue weighted by molar-refractivity contribution is 7.99. The van der Waals surface area contributed by atoms with Gasteiger partial charge in [0.15, 0.2) is 0 Å². The Morgan fingerprint density at radius 1 is 1.40 bits per heavy atom. The second-order valence-corrected chi connectivity index (χ2v) is 5.46. The number of benzene rings is 1. The molecule has 0 saturated carbocycles. The van der Waals surface area contributed by atoms with Gasteiger partial charge < -0.3 is 16.0 Å². The molecule has 20 heavy (non-hydrogen) atoms. The predicted molar refractivity (Wildman–Crippen MR) is 84.6 cm³/mol. The second kappa shape index (κ2) is 8.81. The molecule has 0 unspecified atom stereocenters. The Hall–Kier alpha value is -1.27. The fourth-order valence-corrected chi connectivity index (χ4v) is 2.52. The van der Waals surface area contributed by atoms with Crippen molar-refractivity contribution in [3.63, 3.8) is 0 Å². The summed E-state index contributed by atoms with van der Waals surface area (Å²) >= 11 is 1.58. The predicted octanol–water partition coefficient (Wildman–Crippen LogP) is 2.42. The van der Waals surface area contributed by atoms with E-state index in [1.807, 2.05) is 0 Å². The number of nitrogens with zero attached hydrogens (tertiary/aromatic N) is 1. The maximum absolute atomic E-state index is 12.9. The molecule has 0 aliphatic carbocycles. The Morgan fingerprint density at radius 2 is 2.10 bits per heavy atom. The van der Waals surface area contributed by atoms with Crippen LogP contribution in [-0.4, -0.2) is 41.9 Å². The van der Waals surface area contributed by atoms with Gasteiger partial charge in [0, 0.05) is 12.3 Å². The molecule has 0 fully saturated rings. The van der Waals surface area contributed by atoms with Crippen molar-refractivity contribution < 1.29 is 9.18 Å². The minimum Gasteiger partial charge on any atom is -0.397 e. The van der Waals surface area contributed by atoms with Gasteiger partial charge in [-0.2, -0.15) is 11.8 Å². The first-order valence-electron chi connectivity index (χ1n) is 6.71. The van der Waals surface area contributed by atoms with Gasteiger partial charge in [-0.3, -0.25) is 4.79 Å². The third-order valence-electron chi connectivity index (χ3n) is 2.97. The van der Waals surface area contributed by atoms with Crippen LogP contribution in [0.3, 0.4) is 0 Å². The SMILES string of the molecule is CCN(CC)CCSCC(=O)Nc1ccc(F)cc1N. The molecule has 0 aromatic heterocycles. The van der Waals surface area contributed by atoms with Crippen LogP contribution in [0.15, 0.2) is 18.2 Å². The van der Waals surface area contributed by atoms with E-state index in [1.165, 1.54) is 18.2 Å². The highest BCUT2D eigenvalue weighted by atomic mass is 32.2. The lowest BCUT2D eigenvalue weighted by atomic mass is 10.2. The third kappa shape index (κ3) is 5.79. The summed E-state index contributed by atoms with van der Waals surface area (Å²) in [5.41, 5.74) is 6.33. The van der Waals surface area contributed by atoms with Crippen LogP contribution in [0.25, 0.3) is 0 Å². The molecule has 1 amide bonds. The highest BCUT2D eigenvalue weighted by Crippen LogP contribution is 2.19. The highest BCUT2D eigenvalue weighted by Gasteiger charge is 2.07. The number of hydrogen-bond acceptors (Lipinski definition) is 4. The third-order valence-corrected chi connectivity index (χ3v) is 3.90. The zero-order chi connectivity index (χ0) is 15.0. The van der Waals surface area contributed by atoms with Crippen molar-refractivity contribution in [1.82, 2.24) is 4.90 Å². The van der Waals surface area contributed by atoms with Crippen molar-refractivity contribution in [2.24, 2.45) is 0 Å². The summed E-state index contributed by atoms with van der Waals surface area (Å²) in [6.45, 7) is 7.27. The van der Waals surface area contributed by atoms with Gasteiger partial charge in [0.25, 0.3) is 0 Å². The average Bonchev–Trinajstić information content (AvgIpc) is 2.42. The average molecular weight is 299 g/mol. The number of anilines is 2. The summed E-state index contributed by atoms with van der Waals surface area (Å²) in [7, 11) is 0. The molecule has 0 radical (unpaired) electrons. The molecule has 112 valence electrons. The van der Waals surface area contributed by atoms with Crippen molar-refractivity contribution in [1.29, 1.82) is 0 Å². The van der Waals surface area contributed by atoms with Crippen molar-refractivity contribution >= 4 is 29.0 Å². The van der Waals surface area contributed by atoms with Crippen LogP contribution in [-0.2, 0) is 4.79 Å². The van der Waals surface area contributed by atoms with Crippen LogP contribution in [0.4, 0.5) is 15.8 Å². The number of rotatable bonds is 8. The minimum atomic E-state index is -0.408. The maximum atomic E-state index is 12.9. The first kappa shape index (κ1) is 16.8. The van der Waals surface area contributed by atoms with Gasteiger partial charge in [-0.1, -0.05) is 13.8 Å². The lowest BCUT2D eigenvalue weighted by Crippen LogP contribution is -2.26. The van der Waals surface area contributed by atoms with Crippen molar-refractivity contribution in [3.8, 4) is 0 Å². The normalized spacial score (nSPS) is 10.8. The van der Waals surface area contributed by atoms with Gasteiger partial charge in [-0.25, -0.2) is 4.39 Å². The summed E-state index contributed by atoms with van der Waals surface area (Å²) in [4.78, 5) is 14.0. The molecule has 3 N–H and O–H groups in total. The maximum Gasteiger partial charge on any atom is 0.234 e. The van der Waals surface area contributed by atoms with Gasteiger partial charge >= 0.3 is 0 Å². The molecule has 0 bridgehead atoms. The lowest BCUT2D eigenvalue weighted by Gasteiger charge is -2.17. The minimum absolute atomic E-state index is 0.118. The monoisotopic (exact) mass is 299 g/mol. The molecule has 4 nitrogen and oxygen atoms in total. The summed E-state index contributed by atoms with van der Waals surface area (Å²) in [6.07, 6.45) is 0. The van der Waals surface area contributed by atoms with E-state index in [0.29, 0.717) is 11.4 Å². The molecular weight excluding hydrogens is 277 g/mol. The Labute approximate surface area is 123 Å². The van der Waals surface area contributed by atoms with Gasteiger partial charge in [0.2, 0.25) is 5.91 Å². The Bertz CT molecular complexity index is 438. The van der Waals surface area contributed by atoms with E-state index < -0.39 is 5.82 Å². The Kier molecular flexibility index (Phi) is 7.40. The number of halogens is 1. The summed E-state index contributed by atoms with van der Waals surface area (Å²) in [5, 5.41) is 2.69. The number of carbonyl (C=O) groups is 1. The van der Waals surface area contributed by atoms with E-state index in [-0.39, 0.29) is 11.6 Å². The molecule has 0 atom stereocenters. The van der Waals surface area contributed by atoms with E-state index in [4.69, 9.17) is 5.73 Å². The van der Waals surface area contributed by atoms with Crippen LogP contribution in [0.5, 0.6) is 0 Å². The van der Waals surface area contributed by atoms with Crippen LogP contribution >= 0.6 is 11.8 Å². The van der Waals surface area contributed by atoms with Crippen molar-refractivity contribution in [3.05, 3.63) is 24.0 Å². The molecular formula is C14H22FN3OS. The quantitative estimate of drug-likeness (QED) is 0.572. The standard InChI is InChI=1S/C14H22FN3OS/c1-3-18(4-2)7-8-20-10-14(19)17-13-6-5-11(15)9-12(13)16/h5-6,9H,3-4,7-8,10,16H2,1-2H3,(H,17,19).